The molecule has 1 aromatic heterocycles. The Labute approximate surface area is 99.2 Å². The second kappa shape index (κ2) is 4.26. The Balaban J connectivity index is 2.36. The summed E-state index contributed by atoms with van der Waals surface area (Å²) in [5.41, 5.74) is 7.45. The molecule has 0 atom stereocenters. The maximum atomic E-state index is 5.99. The Morgan fingerprint density at radius 3 is 2.60 bits per heavy atom. The average Bonchev–Trinajstić information content (AvgIpc) is 2.59. The van der Waals surface area contributed by atoms with Crippen molar-refractivity contribution in [3.05, 3.63) is 16.4 Å². The van der Waals surface area contributed by atoms with Crippen molar-refractivity contribution in [3.8, 4) is 0 Å². The molecule has 2 N–H and O–H groups in total. The third-order valence-corrected chi connectivity index (χ3v) is 3.98. The minimum atomic E-state index is 0.173. The van der Waals surface area contributed by atoms with Gasteiger partial charge in [-0.25, -0.2) is 0 Å². The van der Waals surface area contributed by atoms with Gasteiger partial charge in [-0.2, -0.15) is 5.10 Å². The van der Waals surface area contributed by atoms with Crippen molar-refractivity contribution in [1.82, 2.24) is 9.78 Å². The van der Waals surface area contributed by atoms with Crippen molar-refractivity contribution in [3.63, 3.8) is 0 Å². The van der Waals surface area contributed by atoms with Gasteiger partial charge in [-0.3, -0.25) is 4.68 Å². The summed E-state index contributed by atoms with van der Waals surface area (Å²) in [6.07, 6.45) is 6.34. The van der Waals surface area contributed by atoms with Gasteiger partial charge >= 0.3 is 0 Å². The summed E-state index contributed by atoms with van der Waals surface area (Å²) < 4.78 is 2.89. The molecule has 0 bridgehead atoms. The largest absolute Gasteiger partial charge is 0.330 e. The van der Waals surface area contributed by atoms with E-state index in [9.17, 15) is 0 Å². The number of aromatic nitrogens is 2. The standard InChI is InChI=1S/C11H18BrN3/c1-15-9(7-10(12)14-15)11(8-13)5-3-2-4-6-11/h7H,2-6,8,13H2,1H3. The van der Waals surface area contributed by atoms with E-state index in [4.69, 9.17) is 5.73 Å². The summed E-state index contributed by atoms with van der Waals surface area (Å²) in [5.74, 6) is 0. The van der Waals surface area contributed by atoms with Crippen molar-refractivity contribution in [1.29, 1.82) is 0 Å². The van der Waals surface area contributed by atoms with Crippen molar-refractivity contribution in [2.45, 2.75) is 37.5 Å². The highest BCUT2D eigenvalue weighted by Gasteiger charge is 2.35. The fraction of sp³-hybridized carbons (Fsp3) is 0.727. The average molecular weight is 272 g/mol. The van der Waals surface area contributed by atoms with Gasteiger partial charge in [0.25, 0.3) is 0 Å². The van der Waals surface area contributed by atoms with Crippen LogP contribution < -0.4 is 5.73 Å². The van der Waals surface area contributed by atoms with Crippen LogP contribution in [0.25, 0.3) is 0 Å². The zero-order valence-electron chi connectivity index (χ0n) is 9.17. The molecule has 1 fully saturated rings. The Bertz CT molecular complexity index is 340. The van der Waals surface area contributed by atoms with Crippen LogP contribution in [-0.4, -0.2) is 16.3 Å². The zero-order chi connectivity index (χ0) is 10.9. The van der Waals surface area contributed by atoms with E-state index in [1.54, 1.807) is 0 Å². The third-order valence-electron chi connectivity index (χ3n) is 3.59. The Morgan fingerprint density at radius 2 is 2.13 bits per heavy atom. The summed E-state index contributed by atoms with van der Waals surface area (Å²) in [4.78, 5) is 0. The van der Waals surface area contributed by atoms with E-state index in [0.29, 0.717) is 0 Å². The smallest absolute Gasteiger partial charge is 0.128 e. The van der Waals surface area contributed by atoms with Crippen LogP contribution in [-0.2, 0) is 12.5 Å². The minimum Gasteiger partial charge on any atom is -0.330 e. The lowest BCUT2D eigenvalue weighted by Gasteiger charge is -2.36. The Morgan fingerprint density at radius 1 is 1.47 bits per heavy atom. The van der Waals surface area contributed by atoms with Crippen molar-refractivity contribution >= 4 is 15.9 Å². The molecule has 0 aliphatic heterocycles. The van der Waals surface area contributed by atoms with Gasteiger partial charge in [-0.15, -0.1) is 0 Å². The van der Waals surface area contributed by atoms with E-state index >= 15 is 0 Å². The molecule has 2 rings (SSSR count). The van der Waals surface area contributed by atoms with E-state index in [0.717, 1.165) is 11.1 Å². The molecule has 15 heavy (non-hydrogen) atoms. The number of hydrogen-bond donors (Lipinski definition) is 1. The molecular weight excluding hydrogens is 254 g/mol. The normalized spacial score (nSPS) is 20.5. The van der Waals surface area contributed by atoms with Gasteiger partial charge in [0.1, 0.15) is 4.60 Å². The molecule has 0 aromatic carbocycles. The van der Waals surface area contributed by atoms with Crippen molar-refractivity contribution < 1.29 is 0 Å². The fourth-order valence-electron chi connectivity index (χ4n) is 2.72. The van der Waals surface area contributed by atoms with Crippen LogP contribution >= 0.6 is 15.9 Å². The Kier molecular flexibility index (Phi) is 3.16. The highest BCUT2D eigenvalue weighted by Crippen LogP contribution is 2.39. The van der Waals surface area contributed by atoms with Crippen LogP contribution in [0.4, 0.5) is 0 Å². The second-order valence-electron chi connectivity index (χ2n) is 4.52. The quantitative estimate of drug-likeness (QED) is 0.898. The Hall–Kier alpha value is -0.350. The molecule has 1 heterocycles. The second-order valence-corrected chi connectivity index (χ2v) is 5.33. The molecule has 1 aliphatic carbocycles. The highest BCUT2D eigenvalue weighted by atomic mass is 79.9. The van der Waals surface area contributed by atoms with Gasteiger partial charge in [-0.05, 0) is 34.8 Å². The number of halogens is 1. The van der Waals surface area contributed by atoms with Crippen LogP contribution in [0, 0.1) is 0 Å². The maximum Gasteiger partial charge on any atom is 0.128 e. The van der Waals surface area contributed by atoms with Crippen LogP contribution in [0.3, 0.4) is 0 Å². The lowest BCUT2D eigenvalue weighted by Crippen LogP contribution is -2.38. The third kappa shape index (κ3) is 1.97. The summed E-state index contributed by atoms with van der Waals surface area (Å²) in [6, 6.07) is 2.12. The number of nitrogens with two attached hydrogens (primary N) is 1. The first kappa shape index (κ1) is 11.1. The summed E-state index contributed by atoms with van der Waals surface area (Å²) in [6.45, 7) is 0.735. The van der Waals surface area contributed by atoms with Crippen molar-refractivity contribution in [2.24, 2.45) is 12.8 Å². The molecular formula is C11H18BrN3. The lowest BCUT2D eigenvalue weighted by atomic mass is 9.72. The highest BCUT2D eigenvalue weighted by molar-refractivity contribution is 9.10. The van der Waals surface area contributed by atoms with Crippen LogP contribution in [0.15, 0.2) is 10.7 Å². The molecule has 0 unspecified atom stereocenters. The molecule has 1 aromatic rings. The number of aryl methyl sites for hydroxylation is 1. The van der Waals surface area contributed by atoms with Gasteiger partial charge in [0.15, 0.2) is 0 Å². The van der Waals surface area contributed by atoms with Crippen LogP contribution in [0.5, 0.6) is 0 Å². The number of rotatable bonds is 2. The number of nitrogens with zero attached hydrogens (tertiary/aromatic N) is 2. The predicted octanol–water partition coefficient (Wildman–Crippen LogP) is 2.34. The van der Waals surface area contributed by atoms with Gasteiger partial charge in [0.05, 0.1) is 0 Å². The minimum absolute atomic E-state index is 0.173. The first-order chi connectivity index (χ1) is 7.18. The fourth-order valence-corrected chi connectivity index (χ4v) is 3.18. The van der Waals surface area contributed by atoms with Crippen LogP contribution in [0.2, 0.25) is 0 Å². The topological polar surface area (TPSA) is 43.8 Å². The van der Waals surface area contributed by atoms with E-state index in [1.807, 2.05) is 11.7 Å². The van der Waals surface area contributed by atoms with E-state index in [1.165, 1.54) is 37.8 Å². The summed E-state index contributed by atoms with van der Waals surface area (Å²) in [7, 11) is 2.01. The van der Waals surface area contributed by atoms with Gasteiger partial charge in [-0.1, -0.05) is 19.3 Å². The first-order valence-electron chi connectivity index (χ1n) is 5.58. The maximum absolute atomic E-state index is 5.99. The summed E-state index contributed by atoms with van der Waals surface area (Å²) >= 11 is 3.43. The molecule has 4 heteroatoms. The monoisotopic (exact) mass is 271 g/mol. The predicted molar refractivity (Wildman–Crippen MR) is 64.7 cm³/mol. The van der Waals surface area contributed by atoms with Gasteiger partial charge < -0.3 is 5.73 Å². The first-order valence-corrected chi connectivity index (χ1v) is 6.37. The van der Waals surface area contributed by atoms with Gasteiger partial charge in [0.2, 0.25) is 0 Å². The van der Waals surface area contributed by atoms with Gasteiger partial charge in [0, 0.05) is 24.7 Å². The van der Waals surface area contributed by atoms with Crippen LogP contribution in [0.1, 0.15) is 37.8 Å². The molecule has 1 saturated carbocycles. The van der Waals surface area contributed by atoms with E-state index in [-0.39, 0.29) is 5.41 Å². The lowest BCUT2D eigenvalue weighted by molar-refractivity contribution is 0.284. The molecule has 84 valence electrons. The van der Waals surface area contributed by atoms with E-state index < -0.39 is 0 Å². The van der Waals surface area contributed by atoms with Crippen molar-refractivity contribution in [2.75, 3.05) is 6.54 Å². The zero-order valence-corrected chi connectivity index (χ0v) is 10.8. The molecule has 1 aliphatic rings. The van der Waals surface area contributed by atoms with E-state index in [2.05, 4.69) is 27.1 Å². The molecule has 3 nitrogen and oxygen atoms in total. The number of hydrogen-bond acceptors (Lipinski definition) is 2. The molecule has 0 amide bonds. The SMILES string of the molecule is Cn1nc(Br)cc1C1(CN)CCCCC1. The summed E-state index contributed by atoms with van der Waals surface area (Å²) in [5, 5.41) is 4.36. The molecule has 0 spiro atoms. The molecule has 0 radical (unpaired) electrons. The molecule has 0 saturated heterocycles.